The molecule has 146 valence electrons. The summed E-state index contributed by atoms with van der Waals surface area (Å²) in [7, 11) is 0. The average molecular weight is 385 g/mol. The number of hydrogen-bond donors (Lipinski definition) is 2. The van der Waals surface area contributed by atoms with Gasteiger partial charge in [-0.05, 0) is 65.6 Å². The van der Waals surface area contributed by atoms with E-state index in [9.17, 15) is 4.79 Å². The molecule has 1 aliphatic carbocycles. The molecule has 3 heterocycles. The Hall–Kier alpha value is -3.15. The molecule has 0 spiro atoms. The first-order valence-corrected chi connectivity index (χ1v) is 10.3. The lowest BCUT2D eigenvalue weighted by Gasteiger charge is -2.54. The van der Waals surface area contributed by atoms with Crippen LogP contribution >= 0.6 is 0 Å². The number of nitrogens with one attached hydrogen (secondary N) is 2. The van der Waals surface area contributed by atoms with Crippen molar-refractivity contribution in [2.45, 2.75) is 38.1 Å². The van der Waals surface area contributed by atoms with E-state index in [-0.39, 0.29) is 17.4 Å². The molecule has 6 nitrogen and oxygen atoms in total. The van der Waals surface area contributed by atoms with Gasteiger partial charge in [0.1, 0.15) is 0 Å². The number of rotatable bonds is 1. The maximum Gasteiger partial charge on any atom is 0.254 e. The fraction of sp³-hybridized carbons (Fsp3) is 0.348. The molecule has 2 aromatic carbocycles. The van der Waals surface area contributed by atoms with Crippen molar-refractivity contribution in [2.24, 2.45) is 5.92 Å². The lowest BCUT2D eigenvalue weighted by Crippen LogP contribution is -2.59. The Bertz CT molecular complexity index is 1270. The molecule has 2 aliphatic rings. The van der Waals surface area contributed by atoms with E-state index in [0.29, 0.717) is 5.92 Å². The lowest BCUT2D eigenvalue weighted by atomic mass is 9.59. The first kappa shape index (κ1) is 16.8. The fourth-order valence-corrected chi connectivity index (χ4v) is 5.55. The number of H-pyrrole nitrogens is 2. The Labute approximate surface area is 168 Å². The van der Waals surface area contributed by atoms with Crippen molar-refractivity contribution in [2.75, 3.05) is 6.54 Å². The molecule has 2 bridgehead atoms. The average Bonchev–Trinajstić information content (AvgIpc) is 3.37. The Morgan fingerprint density at radius 2 is 1.86 bits per heavy atom. The quantitative estimate of drug-likeness (QED) is 0.523. The van der Waals surface area contributed by atoms with Crippen LogP contribution in [0.25, 0.3) is 22.1 Å². The van der Waals surface area contributed by atoms with Gasteiger partial charge in [-0.15, -0.1) is 0 Å². The van der Waals surface area contributed by atoms with Crippen molar-refractivity contribution >= 4 is 28.0 Å². The molecule has 3 atom stereocenters. The minimum Gasteiger partial charge on any atom is -0.345 e. The van der Waals surface area contributed by atoms with E-state index in [2.05, 4.69) is 50.8 Å². The molecule has 2 aromatic heterocycles. The molecule has 1 aliphatic heterocycles. The third-order valence-electron chi connectivity index (χ3n) is 7.47. The lowest BCUT2D eigenvalue weighted by molar-refractivity contribution is 0.0251. The largest absolute Gasteiger partial charge is 0.345 e. The summed E-state index contributed by atoms with van der Waals surface area (Å²) in [5, 5.41) is 0. The van der Waals surface area contributed by atoms with Crippen LogP contribution in [0, 0.1) is 5.92 Å². The number of aromatic amines is 2. The zero-order chi connectivity index (χ0) is 19.8. The summed E-state index contributed by atoms with van der Waals surface area (Å²) in [5.74, 6) is 0.506. The van der Waals surface area contributed by atoms with Gasteiger partial charge in [-0.25, -0.2) is 9.97 Å². The maximum atomic E-state index is 13.5. The number of hydrogen-bond acceptors (Lipinski definition) is 3. The highest BCUT2D eigenvalue weighted by Gasteiger charge is 2.49. The predicted octanol–water partition coefficient (Wildman–Crippen LogP) is 3.80. The van der Waals surface area contributed by atoms with Crippen molar-refractivity contribution in [1.82, 2.24) is 24.8 Å². The van der Waals surface area contributed by atoms with Crippen LogP contribution in [-0.2, 0) is 11.8 Å². The van der Waals surface area contributed by atoms with Gasteiger partial charge in [0, 0.05) is 18.2 Å². The molecule has 1 amide bonds. The van der Waals surface area contributed by atoms with Crippen LogP contribution in [0.2, 0.25) is 0 Å². The Morgan fingerprint density at radius 3 is 2.69 bits per heavy atom. The van der Waals surface area contributed by atoms with Gasteiger partial charge < -0.3 is 14.9 Å². The van der Waals surface area contributed by atoms with Gasteiger partial charge in [-0.3, -0.25) is 4.79 Å². The number of nitrogens with zero attached hydrogens (tertiary/aromatic N) is 3. The van der Waals surface area contributed by atoms with Gasteiger partial charge in [-0.2, -0.15) is 0 Å². The molecule has 0 radical (unpaired) electrons. The van der Waals surface area contributed by atoms with Crippen LogP contribution in [0.15, 0.2) is 43.0 Å². The second-order valence-corrected chi connectivity index (χ2v) is 8.79. The third-order valence-corrected chi connectivity index (χ3v) is 7.47. The van der Waals surface area contributed by atoms with Gasteiger partial charge in [0.15, 0.2) is 0 Å². The highest BCUT2D eigenvalue weighted by molar-refractivity contribution is 5.97. The van der Waals surface area contributed by atoms with E-state index in [1.807, 2.05) is 18.2 Å². The second-order valence-electron chi connectivity index (χ2n) is 8.79. The number of fused-ring (bicyclic) bond motifs is 6. The van der Waals surface area contributed by atoms with Gasteiger partial charge >= 0.3 is 0 Å². The standard InChI is InChI=1S/C23H23N5O/c1-13-21-9-15-8-19-20(27-12-26-19)10-16(15)23(13,2)5-6-28(21)22(29)14-3-4-17-18(7-14)25-11-24-17/h3-4,7-8,10-13,21H,5-6,9H2,1-2H3,(H,24,25)(H,26,27). The summed E-state index contributed by atoms with van der Waals surface area (Å²) in [6, 6.07) is 10.4. The minimum atomic E-state index is 0.0650. The number of likely N-dealkylation sites (tertiary alicyclic amines) is 1. The van der Waals surface area contributed by atoms with Crippen LogP contribution < -0.4 is 0 Å². The van der Waals surface area contributed by atoms with Crippen molar-refractivity contribution in [3.8, 4) is 0 Å². The number of carbonyl (C=O) groups excluding carboxylic acids is 1. The normalized spacial score (nSPS) is 26.1. The first-order chi connectivity index (χ1) is 14.0. The second kappa shape index (κ2) is 5.69. The van der Waals surface area contributed by atoms with Gasteiger partial charge in [-0.1, -0.05) is 13.8 Å². The molecule has 29 heavy (non-hydrogen) atoms. The smallest absolute Gasteiger partial charge is 0.254 e. The third kappa shape index (κ3) is 2.26. The molecular formula is C23H23N5O. The number of aromatic nitrogens is 4. The van der Waals surface area contributed by atoms with Crippen molar-refractivity contribution in [1.29, 1.82) is 0 Å². The Balaban J connectivity index is 1.41. The number of imidazole rings is 2. The molecule has 6 rings (SSSR count). The summed E-state index contributed by atoms with van der Waals surface area (Å²) >= 11 is 0. The zero-order valence-corrected chi connectivity index (χ0v) is 16.6. The van der Waals surface area contributed by atoms with E-state index in [1.165, 1.54) is 11.1 Å². The van der Waals surface area contributed by atoms with E-state index in [1.54, 1.807) is 12.7 Å². The van der Waals surface area contributed by atoms with Gasteiger partial charge in [0.05, 0.1) is 34.7 Å². The monoisotopic (exact) mass is 385 g/mol. The molecular weight excluding hydrogens is 362 g/mol. The SMILES string of the molecule is CC1C2Cc3cc4[nH]cnc4cc3C1(C)CCN2C(=O)c1ccc2nc[nH]c2c1. The topological polar surface area (TPSA) is 77.7 Å². The van der Waals surface area contributed by atoms with E-state index < -0.39 is 0 Å². The predicted molar refractivity (Wildman–Crippen MR) is 112 cm³/mol. The Morgan fingerprint density at radius 1 is 1.10 bits per heavy atom. The molecule has 4 aromatic rings. The first-order valence-electron chi connectivity index (χ1n) is 10.3. The van der Waals surface area contributed by atoms with Crippen molar-refractivity contribution < 1.29 is 4.79 Å². The minimum absolute atomic E-state index is 0.0650. The summed E-state index contributed by atoms with van der Waals surface area (Å²) in [6.07, 6.45) is 5.28. The van der Waals surface area contributed by atoms with Crippen LogP contribution in [0.3, 0.4) is 0 Å². The molecule has 6 heteroatoms. The Kier molecular flexibility index (Phi) is 3.29. The van der Waals surface area contributed by atoms with E-state index >= 15 is 0 Å². The summed E-state index contributed by atoms with van der Waals surface area (Å²) in [4.78, 5) is 30.6. The van der Waals surface area contributed by atoms with Crippen molar-refractivity contribution in [3.63, 3.8) is 0 Å². The number of carbonyl (C=O) groups is 1. The highest BCUT2D eigenvalue weighted by atomic mass is 16.2. The van der Waals surface area contributed by atoms with E-state index in [4.69, 9.17) is 0 Å². The van der Waals surface area contributed by atoms with Gasteiger partial charge in [0.25, 0.3) is 5.91 Å². The van der Waals surface area contributed by atoms with Crippen LogP contribution in [-0.4, -0.2) is 43.3 Å². The molecule has 1 saturated heterocycles. The zero-order valence-electron chi connectivity index (χ0n) is 16.6. The van der Waals surface area contributed by atoms with Crippen molar-refractivity contribution in [3.05, 3.63) is 59.7 Å². The maximum absolute atomic E-state index is 13.5. The highest BCUT2D eigenvalue weighted by Crippen LogP contribution is 2.49. The number of amides is 1. The molecule has 0 saturated carbocycles. The van der Waals surface area contributed by atoms with Gasteiger partial charge in [0.2, 0.25) is 0 Å². The van der Waals surface area contributed by atoms with E-state index in [0.717, 1.165) is 47.0 Å². The molecule has 3 unspecified atom stereocenters. The summed E-state index contributed by atoms with van der Waals surface area (Å²) in [5.41, 5.74) is 7.44. The fourth-order valence-electron chi connectivity index (χ4n) is 5.55. The number of piperidine rings is 1. The molecule has 2 N–H and O–H groups in total. The summed E-state index contributed by atoms with van der Waals surface area (Å²) < 4.78 is 0. The van der Waals surface area contributed by atoms with Crippen LogP contribution in [0.1, 0.15) is 41.8 Å². The number of benzene rings is 2. The molecule has 1 fully saturated rings. The summed E-state index contributed by atoms with van der Waals surface area (Å²) in [6.45, 7) is 5.45. The van der Waals surface area contributed by atoms with Crippen LogP contribution in [0.5, 0.6) is 0 Å². The van der Waals surface area contributed by atoms with Crippen LogP contribution in [0.4, 0.5) is 0 Å².